The standard InChI is InChI=1S/C13H14BrCl2NO2/c1-13(2,17-3)11(7-14)19-12(18)9-5-4-8(15)6-10(9)16/h4-7,17H,1-3H3. The molecule has 6 heteroatoms. The largest absolute Gasteiger partial charge is 0.425 e. The number of carbonyl (C=O) groups excluding carboxylic acids is 1. The summed E-state index contributed by atoms with van der Waals surface area (Å²) in [6.07, 6.45) is 0. The van der Waals surface area contributed by atoms with Crippen LogP contribution in [-0.4, -0.2) is 18.6 Å². The number of hydrogen-bond acceptors (Lipinski definition) is 3. The number of carbonyl (C=O) groups is 1. The van der Waals surface area contributed by atoms with Crippen LogP contribution >= 0.6 is 39.1 Å². The lowest BCUT2D eigenvalue weighted by Gasteiger charge is -2.26. The first-order valence-electron chi connectivity index (χ1n) is 5.49. The smallest absolute Gasteiger partial charge is 0.344 e. The fraction of sp³-hybridized carbons (Fsp3) is 0.308. The van der Waals surface area contributed by atoms with Gasteiger partial charge in [0.1, 0.15) is 5.76 Å². The van der Waals surface area contributed by atoms with E-state index in [4.69, 9.17) is 27.9 Å². The van der Waals surface area contributed by atoms with E-state index in [9.17, 15) is 4.79 Å². The molecule has 0 aliphatic carbocycles. The molecule has 0 aromatic heterocycles. The van der Waals surface area contributed by atoms with Gasteiger partial charge in [-0.1, -0.05) is 39.1 Å². The SMILES string of the molecule is CNC(C)(C)C(=CBr)OC(=O)c1ccc(Cl)cc1Cl. The molecule has 0 amide bonds. The average molecular weight is 367 g/mol. The van der Waals surface area contributed by atoms with Crippen molar-refractivity contribution >= 4 is 45.1 Å². The third-order valence-electron chi connectivity index (χ3n) is 2.69. The van der Waals surface area contributed by atoms with E-state index in [0.29, 0.717) is 10.8 Å². The normalized spacial score (nSPS) is 12.4. The van der Waals surface area contributed by atoms with Gasteiger partial charge in [-0.2, -0.15) is 0 Å². The first-order valence-corrected chi connectivity index (χ1v) is 7.16. The van der Waals surface area contributed by atoms with E-state index in [2.05, 4.69) is 21.2 Å². The molecule has 0 saturated carbocycles. The Morgan fingerprint density at radius 1 is 1.42 bits per heavy atom. The second kappa shape index (κ2) is 6.75. The van der Waals surface area contributed by atoms with E-state index in [1.807, 2.05) is 13.8 Å². The molecule has 1 aromatic rings. The number of esters is 1. The topological polar surface area (TPSA) is 38.3 Å². The number of ether oxygens (including phenoxy) is 1. The summed E-state index contributed by atoms with van der Waals surface area (Å²) in [6, 6.07) is 4.62. The van der Waals surface area contributed by atoms with Crippen molar-refractivity contribution in [1.82, 2.24) is 5.32 Å². The van der Waals surface area contributed by atoms with E-state index in [-0.39, 0.29) is 10.6 Å². The second-order valence-corrected chi connectivity index (χ2v) is 5.66. The molecule has 3 nitrogen and oxygen atoms in total. The van der Waals surface area contributed by atoms with Crippen molar-refractivity contribution in [2.45, 2.75) is 19.4 Å². The molecule has 0 heterocycles. The van der Waals surface area contributed by atoms with Gasteiger partial charge >= 0.3 is 5.97 Å². The summed E-state index contributed by atoms with van der Waals surface area (Å²) in [4.78, 5) is 13.6. The van der Waals surface area contributed by atoms with Crippen molar-refractivity contribution in [1.29, 1.82) is 0 Å². The first kappa shape index (κ1) is 16.5. The zero-order valence-electron chi connectivity index (χ0n) is 10.8. The molecule has 0 spiro atoms. The Bertz CT molecular complexity index is 515. The van der Waals surface area contributed by atoms with Gasteiger partial charge in [0.15, 0.2) is 0 Å². The number of likely N-dealkylation sites (N-methyl/N-ethyl adjacent to an activating group) is 1. The zero-order chi connectivity index (χ0) is 14.6. The van der Waals surface area contributed by atoms with Crippen LogP contribution in [0.1, 0.15) is 24.2 Å². The fourth-order valence-corrected chi connectivity index (χ4v) is 2.37. The second-order valence-electron chi connectivity index (χ2n) is 4.36. The van der Waals surface area contributed by atoms with Gasteiger partial charge in [-0.05, 0) is 39.1 Å². The Hall–Kier alpha value is -0.550. The van der Waals surface area contributed by atoms with Gasteiger partial charge in [-0.25, -0.2) is 4.79 Å². The highest BCUT2D eigenvalue weighted by molar-refractivity contribution is 9.11. The molecule has 1 aromatic carbocycles. The van der Waals surface area contributed by atoms with Crippen molar-refractivity contribution in [3.63, 3.8) is 0 Å². The Morgan fingerprint density at radius 3 is 2.53 bits per heavy atom. The van der Waals surface area contributed by atoms with Gasteiger partial charge < -0.3 is 10.1 Å². The van der Waals surface area contributed by atoms with Crippen molar-refractivity contribution < 1.29 is 9.53 Å². The van der Waals surface area contributed by atoms with Crippen LogP contribution in [0.4, 0.5) is 0 Å². The van der Waals surface area contributed by atoms with Gasteiger partial charge in [0.2, 0.25) is 0 Å². The van der Waals surface area contributed by atoms with Crippen LogP contribution in [0.5, 0.6) is 0 Å². The van der Waals surface area contributed by atoms with Crippen LogP contribution in [0.3, 0.4) is 0 Å². The summed E-state index contributed by atoms with van der Waals surface area (Å²) in [6.45, 7) is 3.77. The Balaban J connectivity index is 2.96. The van der Waals surface area contributed by atoms with E-state index in [1.54, 1.807) is 18.1 Å². The molecule has 0 saturated heterocycles. The Morgan fingerprint density at radius 2 is 2.05 bits per heavy atom. The highest BCUT2D eigenvalue weighted by Crippen LogP contribution is 2.25. The summed E-state index contributed by atoms with van der Waals surface area (Å²) in [5, 5.41) is 3.77. The molecule has 0 aliphatic heterocycles. The van der Waals surface area contributed by atoms with Gasteiger partial charge in [0.05, 0.1) is 16.1 Å². The first-order chi connectivity index (χ1) is 8.81. The number of rotatable bonds is 4. The fourth-order valence-electron chi connectivity index (χ4n) is 1.22. The predicted octanol–water partition coefficient (Wildman–Crippen LogP) is 4.38. The molecule has 0 atom stereocenters. The lowest BCUT2D eigenvalue weighted by atomic mass is 10.0. The van der Waals surface area contributed by atoms with E-state index < -0.39 is 11.5 Å². The highest BCUT2D eigenvalue weighted by Gasteiger charge is 2.26. The minimum Gasteiger partial charge on any atom is -0.425 e. The number of nitrogens with one attached hydrogen (secondary N) is 1. The maximum atomic E-state index is 12.1. The lowest BCUT2D eigenvalue weighted by Crippen LogP contribution is -2.39. The van der Waals surface area contributed by atoms with Crippen molar-refractivity contribution in [2.75, 3.05) is 7.05 Å². The Labute approximate surface area is 131 Å². The molecular weight excluding hydrogens is 353 g/mol. The van der Waals surface area contributed by atoms with Crippen molar-refractivity contribution in [2.24, 2.45) is 0 Å². The quantitative estimate of drug-likeness (QED) is 0.634. The predicted molar refractivity (Wildman–Crippen MR) is 82.0 cm³/mol. The molecular formula is C13H14BrCl2NO2. The van der Waals surface area contributed by atoms with E-state index >= 15 is 0 Å². The lowest BCUT2D eigenvalue weighted by molar-refractivity contribution is 0.0575. The number of benzene rings is 1. The number of hydrogen-bond donors (Lipinski definition) is 1. The average Bonchev–Trinajstić information content (AvgIpc) is 2.35. The molecule has 0 aliphatic rings. The van der Waals surface area contributed by atoms with Crippen LogP contribution in [0, 0.1) is 0 Å². The molecule has 1 N–H and O–H groups in total. The van der Waals surface area contributed by atoms with Gasteiger partial charge in [0, 0.05) is 10.0 Å². The summed E-state index contributed by atoms with van der Waals surface area (Å²) < 4.78 is 5.35. The van der Waals surface area contributed by atoms with E-state index in [0.717, 1.165) is 0 Å². The van der Waals surface area contributed by atoms with E-state index in [1.165, 1.54) is 12.1 Å². The van der Waals surface area contributed by atoms with Crippen LogP contribution in [0.15, 0.2) is 28.9 Å². The third kappa shape index (κ3) is 4.21. The summed E-state index contributed by atoms with van der Waals surface area (Å²) in [7, 11) is 1.78. The summed E-state index contributed by atoms with van der Waals surface area (Å²) >= 11 is 14.9. The summed E-state index contributed by atoms with van der Waals surface area (Å²) in [5.41, 5.74) is -0.220. The minimum absolute atomic E-state index is 0.258. The van der Waals surface area contributed by atoms with Gasteiger partial charge in [-0.15, -0.1) is 0 Å². The molecule has 0 fully saturated rings. The molecule has 19 heavy (non-hydrogen) atoms. The van der Waals surface area contributed by atoms with Gasteiger partial charge in [-0.3, -0.25) is 0 Å². The van der Waals surface area contributed by atoms with Crippen molar-refractivity contribution in [3.05, 3.63) is 44.6 Å². The van der Waals surface area contributed by atoms with Crippen molar-refractivity contribution in [3.8, 4) is 0 Å². The monoisotopic (exact) mass is 365 g/mol. The Kier molecular flexibility index (Phi) is 5.86. The van der Waals surface area contributed by atoms with Crippen LogP contribution in [0.2, 0.25) is 10.0 Å². The summed E-state index contributed by atoms with van der Waals surface area (Å²) in [5.74, 6) is -0.0818. The zero-order valence-corrected chi connectivity index (χ0v) is 13.9. The third-order valence-corrected chi connectivity index (χ3v) is 3.66. The molecule has 104 valence electrons. The number of halogens is 3. The van der Waals surface area contributed by atoms with Crippen LogP contribution < -0.4 is 5.32 Å². The van der Waals surface area contributed by atoms with Crippen LogP contribution in [0.25, 0.3) is 0 Å². The maximum absolute atomic E-state index is 12.1. The molecule has 0 bridgehead atoms. The van der Waals surface area contributed by atoms with Gasteiger partial charge in [0.25, 0.3) is 0 Å². The highest BCUT2D eigenvalue weighted by atomic mass is 79.9. The van der Waals surface area contributed by atoms with Crippen LogP contribution in [-0.2, 0) is 4.74 Å². The maximum Gasteiger partial charge on any atom is 0.344 e. The molecule has 0 unspecified atom stereocenters. The minimum atomic E-state index is -0.532. The molecule has 1 rings (SSSR count). The molecule has 0 radical (unpaired) electrons.